The van der Waals surface area contributed by atoms with E-state index < -0.39 is 15.8 Å². The van der Waals surface area contributed by atoms with Crippen LogP contribution in [0.1, 0.15) is 32.3 Å². The lowest BCUT2D eigenvalue weighted by Gasteiger charge is -2.33. The Morgan fingerprint density at radius 2 is 1.95 bits per heavy atom. The molecule has 1 aliphatic heterocycles. The lowest BCUT2D eigenvalue weighted by molar-refractivity contribution is 0.226. The van der Waals surface area contributed by atoms with Gasteiger partial charge in [-0.2, -0.15) is 9.57 Å². The summed E-state index contributed by atoms with van der Waals surface area (Å²) in [4.78, 5) is -0.0107. The molecule has 0 atom stereocenters. The molecule has 114 valence electrons. The van der Waals surface area contributed by atoms with Crippen molar-refractivity contribution < 1.29 is 12.8 Å². The van der Waals surface area contributed by atoms with Crippen molar-refractivity contribution in [3.63, 3.8) is 0 Å². The Bertz CT molecular complexity index is 657. The highest BCUT2D eigenvalue weighted by Crippen LogP contribution is 2.28. The molecule has 1 aliphatic rings. The number of halogens is 1. The maximum absolute atomic E-state index is 13.3. The van der Waals surface area contributed by atoms with Crippen LogP contribution in [0.15, 0.2) is 23.1 Å². The fourth-order valence-corrected chi connectivity index (χ4v) is 4.18. The largest absolute Gasteiger partial charge is 0.243 e. The highest BCUT2D eigenvalue weighted by molar-refractivity contribution is 7.89. The molecule has 0 spiro atoms. The first kappa shape index (κ1) is 15.9. The summed E-state index contributed by atoms with van der Waals surface area (Å²) < 4.78 is 39.8. The van der Waals surface area contributed by atoms with Crippen molar-refractivity contribution in [3.05, 3.63) is 29.6 Å². The van der Waals surface area contributed by atoms with Crippen LogP contribution in [0.5, 0.6) is 0 Å². The van der Waals surface area contributed by atoms with Crippen LogP contribution in [-0.4, -0.2) is 25.8 Å². The zero-order chi connectivity index (χ0) is 15.6. The van der Waals surface area contributed by atoms with E-state index in [1.54, 1.807) is 6.07 Å². The highest BCUT2D eigenvalue weighted by atomic mass is 32.2. The van der Waals surface area contributed by atoms with Gasteiger partial charge in [0.25, 0.3) is 0 Å². The van der Waals surface area contributed by atoms with Crippen molar-refractivity contribution in [1.29, 1.82) is 5.26 Å². The molecule has 0 saturated carbocycles. The van der Waals surface area contributed by atoms with Gasteiger partial charge in [-0.25, -0.2) is 12.8 Å². The van der Waals surface area contributed by atoms with Crippen molar-refractivity contribution in [3.8, 4) is 6.07 Å². The minimum Gasteiger partial charge on any atom is -0.207 e. The van der Waals surface area contributed by atoms with Gasteiger partial charge in [0, 0.05) is 13.1 Å². The van der Waals surface area contributed by atoms with Crippen LogP contribution in [0.25, 0.3) is 0 Å². The molecule has 0 amide bonds. The van der Waals surface area contributed by atoms with Gasteiger partial charge in [0.15, 0.2) is 0 Å². The van der Waals surface area contributed by atoms with E-state index in [1.165, 1.54) is 10.4 Å². The normalized spacial score (nSPS) is 17.9. The second kappa shape index (κ2) is 6.12. The van der Waals surface area contributed by atoms with Crippen LogP contribution in [0.4, 0.5) is 4.39 Å². The van der Waals surface area contributed by atoms with Gasteiger partial charge < -0.3 is 0 Å². The van der Waals surface area contributed by atoms with Gasteiger partial charge in [0.1, 0.15) is 11.9 Å². The van der Waals surface area contributed by atoms with Gasteiger partial charge in [-0.15, -0.1) is 0 Å². The summed E-state index contributed by atoms with van der Waals surface area (Å²) in [6.45, 7) is 5.25. The topological polar surface area (TPSA) is 61.2 Å². The third-order valence-electron chi connectivity index (χ3n) is 4.14. The maximum Gasteiger partial charge on any atom is 0.243 e. The van der Waals surface area contributed by atoms with E-state index in [2.05, 4.69) is 13.8 Å². The molecule has 4 nitrogen and oxygen atoms in total. The number of sulfonamides is 1. The fourth-order valence-electron chi connectivity index (χ4n) is 2.68. The van der Waals surface area contributed by atoms with Gasteiger partial charge in [0.2, 0.25) is 10.0 Å². The monoisotopic (exact) mass is 310 g/mol. The molecule has 1 aromatic rings. The molecule has 2 rings (SSSR count). The van der Waals surface area contributed by atoms with Crippen LogP contribution in [0.2, 0.25) is 0 Å². The number of nitriles is 1. The number of nitrogens with zero attached hydrogens (tertiary/aromatic N) is 2. The number of piperidine rings is 1. The number of hydrogen-bond donors (Lipinski definition) is 0. The van der Waals surface area contributed by atoms with E-state index in [-0.39, 0.29) is 10.5 Å². The Morgan fingerprint density at radius 3 is 2.48 bits per heavy atom. The lowest BCUT2D eigenvalue weighted by Crippen LogP contribution is -2.39. The van der Waals surface area contributed by atoms with Gasteiger partial charge in [-0.05, 0) is 42.9 Å². The average Bonchev–Trinajstić information content (AvgIpc) is 2.47. The molecule has 0 aromatic heterocycles. The molecule has 1 aromatic carbocycles. The number of benzene rings is 1. The van der Waals surface area contributed by atoms with E-state index in [0.29, 0.717) is 24.9 Å². The third kappa shape index (κ3) is 3.25. The van der Waals surface area contributed by atoms with Gasteiger partial charge in [-0.3, -0.25) is 0 Å². The SMILES string of the molecule is CC(C)C1CCN(S(=O)(=O)c2ccc(F)c(C#N)c2)CC1. The second-order valence-electron chi connectivity index (χ2n) is 5.74. The molecular weight excluding hydrogens is 291 g/mol. The Labute approximate surface area is 125 Å². The molecule has 0 unspecified atom stereocenters. The minimum absolute atomic E-state index is 0.0107. The summed E-state index contributed by atoms with van der Waals surface area (Å²) in [7, 11) is -3.64. The molecule has 0 bridgehead atoms. The summed E-state index contributed by atoms with van der Waals surface area (Å²) in [5, 5.41) is 8.82. The molecule has 0 N–H and O–H groups in total. The molecular formula is C15H19FN2O2S. The van der Waals surface area contributed by atoms with E-state index >= 15 is 0 Å². The number of rotatable bonds is 3. The quantitative estimate of drug-likeness (QED) is 0.862. The van der Waals surface area contributed by atoms with Crippen molar-refractivity contribution in [2.75, 3.05) is 13.1 Å². The predicted molar refractivity (Wildman–Crippen MR) is 77.4 cm³/mol. The molecule has 6 heteroatoms. The summed E-state index contributed by atoms with van der Waals surface area (Å²) in [5.74, 6) is 0.389. The summed E-state index contributed by atoms with van der Waals surface area (Å²) >= 11 is 0. The first-order chi connectivity index (χ1) is 9.86. The zero-order valence-corrected chi connectivity index (χ0v) is 13.0. The van der Waals surface area contributed by atoms with Crippen molar-refractivity contribution in [2.24, 2.45) is 11.8 Å². The van der Waals surface area contributed by atoms with Gasteiger partial charge in [-0.1, -0.05) is 13.8 Å². The molecule has 0 radical (unpaired) electrons. The van der Waals surface area contributed by atoms with Crippen molar-refractivity contribution >= 4 is 10.0 Å². The van der Waals surface area contributed by atoms with Crippen molar-refractivity contribution in [1.82, 2.24) is 4.31 Å². The molecule has 1 saturated heterocycles. The molecule has 1 fully saturated rings. The van der Waals surface area contributed by atoms with E-state index in [0.717, 1.165) is 25.0 Å². The fraction of sp³-hybridized carbons (Fsp3) is 0.533. The van der Waals surface area contributed by atoms with Crippen LogP contribution in [0, 0.1) is 29.0 Å². The van der Waals surface area contributed by atoms with Crippen LogP contribution in [0.3, 0.4) is 0 Å². The second-order valence-corrected chi connectivity index (χ2v) is 7.68. The third-order valence-corrected chi connectivity index (χ3v) is 6.03. The Hall–Kier alpha value is -1.45. The van der Waals surface area contributed by atoms with E-state index in [4.69, 9.17) is 5.26 Å². The smallest absolute Gasteiger partial charge is 0.207 e. The summed E-state index contributed by atoms with van der Waals surface area (Å²) in [6.07, 6.45) is 1.67. The number of hydrogen-bond acceptors (Lipinski definition) is 3. The maximum atomic E-state index is 13.3. The first-order valence-corrected chi connectivity index (χ1v) is 8.50. The van der Waals surface area contributed by atoms with Crippen LogP contribution >= 0.6 is 0 Å². The average molecular weight is 310 g/mol. The molecule has 0 aliphatic carbocycles. The highest BCUT2D eigenvalue weighted by Gasteiger charge is 2.30. The predicted octanol–water partition coefficient (Wildman–Crippen LogP) is 2.75. The first-order valence-electron chi connectivity index (χ1n) is 7.06. The zero-order valence-electron chi connectivity index (χ0n) is 12.2. The van der Waals surface area contributed by atoms with E-state index in [9.17, 15) is 12.8 Å². The Kier molecular flexibility index (Phi) is 4.64. The van der Waals surface area contributed by atoms with E-state index in [1.807, 2.05) is 0 Å². The van der Waals surface area contributed by atoms with Gasteiger partial charge in [0.05, 0.1) is 10.5 Å². The lowest BCUT2D eigenvalue weighted by atomic mass is 9.87. The summed E-state index contributed by atoms with van der Waals surface area (Å²) in [5.41, 5.74) is -0.242. The summed E-state index contributed by atoms with van der Waals surface area (Å²) in [6, 6.07) is 5.04. The van der Waals surface area contributed by atoms with Crippen molar-refractivity contribution in [2.45, 2.75) is 31.6 Å². The van der Waals surface area contributed by atoms with Crippen LogP contribution in [-0.2, 0) is 10.0 Å². The Morgan fingerprint density at radius 1 is 1.33 bits per heavy atom. The molecule has 1 heterocycles. The van der Waals surface area contributed by atoms with Gasteiger partial charge >= 0.3 is 0 Å². The molecule has 21 heavy (non-hydrogen) atoms. The minimum atomic E-state index is -3.64. The standard InChI is InChI=1S/C15H19FN2O2S/c1-11(2)12-5-7-18(8-6-12)21(19,20)14-3-4-15(16)13(9-14)10-17/h3-4,9,11-12H,5-8H2,1-2H3. The van der Waals surface area contributed by atoms with Crippen LogP contribution < -0.4 is 0 Å². The Balaban J connectivity index is 2.22.